The monoisotopic (exact) mass is 319 g/mol. The number of methoxy groups -OCH3 is 1. The average molecular weight is 320 g/mol. The first kappa shape index (κ1) is 14.7. The third-order valence-corrected chi connectivity index (χ3v) is 4.78. The van der Waals surface area contributed by atoms with Gasteiger partial charge in [-0.3, -0.25) is 4.21 Å². The van der Waals surface area contributed by atoms with E-state index in [2.05, 4.69) is 15.9 Å². The summed E-state index contributed by atoms with van der Waals surface area (Å²) >= 11 is 3.41. The van der Waals surface area contributed by atoms with Crippen LogP contribution in [0.5, 0.6) is 5.75 Å². The zero-order valence-electron chi connectivity index (χ0n) is 10.1. The van der Waals surface area contributed by atoms with Gasteiger partial charge >= 0.3 is 0 Å². The molecule has 0 aromatic heterocycles. The molecule has 0 amide bonds. The van der Waals surface area contributed by atoms with Crippen LogP contribution in [0.2, 0.25) is 0 Å². The Balaban J connectivity index is 2.79. The minimum absolute atomic E-state index is 0.115. The molecule has 5 heteroatoms. The van der Waals surface area contributed by atoms with Crippen molar-refractivity contribution in [3.8, 4) is 5.75 Å². The molecule has 0 bridgehead atoms. The largest absolute Gasteiger partial charge is 0.496 e. The summed E-state index contributed by atoms with van der Waals surface area (Å²) in [7, 11) is 0.707. The van der Waals surface area contributed by atoms with E-state index in [0.717, 1.165) is 22.2 Å². The SMILES string of the molecule is COc1ccc(Br)cc1CS(=O)C(C)CCN. The number of ether oxygens (including phenoxy) is 1. The third-order valence-electron chi connectivity index (χ3n) is 2.56. The van der Waals surface area contributed by atoms with E-state index in [1.54, 1.807) is 7.11 Å². The molecule has 3 nitrogen and oxygen atoms in total. The molecule has 0 saturated heterocycles. The van der Waals surface area contributed by atoms with Crippen LogP contribution in [0.25, 0.3) is 0 Å². The van der Waals surface area contributed by atoms with Crippen LogP contribution in [0.15, 0.2) is 22.7 Å². The first-order chi connectivity index (χ1) is 8.08. The van der Waals surface area contributed by atoms with Crippen LogP contribution in [-0.2, 0) is 16.6 Å². The van der Waals surface area contributed by atoms with E-state index < -0.39 is 10.8 Å². The Bertz CT molecular complexity index is 398. The Hall–Kier alpha value is -0.390. The Morgan fingerprint density at radius 3 is 2.82 bits per heavy atom. The number of rotatable bonds is 6. The molecule has 96 valence electrons. The molecule has 0 heterocycles. The normalized spacial score (nSPS) is 14.4. The Labute approximate surface area is 113 Å². The second-order valence-electron chi connectivity index (χ2n) is 3.87. The van der Waals surface area contributed by atoms with Gasteiger partial charge in [0, 0.05) is 26.1 Å². The maximum Gasteiger partial charge on any atom is 0.123 e. The number of halogens is 1. The van der Waals surface area contributed by atoms with Crippen LogP contribution >= 0.6 is 15.9 Å². The first-order valence-corrected chi connectivity index (χ1v) is 7.65. The lowest BCUT2D eigenvalue weighted by Gasteiger charge is -2.12. The van der Waals surface area contributed by atoms with Gasteiger partial charge in [-0.25, -0.2) is 0 Å². The molecule has 0 saturated carbocycles. The van der Waals surface area contributed by atoms with Gasteiger partial charge < -0.3 is 10.5 Å². The molecule has 2 unspecified atom stereocenters. The summed E-state index contributed by atoms with van der Waals surface area (Å²) in [6.07, 6.45) is 0.781. The molecule has 0 fully saturated rings. The van der Waals surface area contributed by atoms with Gasteiger partial charge in [0.15, 0.2) is 0 Å². The van der Waals surface area contributed by atoms with Crippen LogP contribution in [0.1, 0.15) is 18.9 Å². The standard InChI is InChI=1S/C12H18BrNO2S/c1-9(5-6-14)17(15)8-10-7-11(13)3-4-12(10)16-2/h3-4,7,9H,5-6,8,14H2,1-2H3. The number of benzene rings is 1. The zero-order valence-corrected chi connectivity index (χ0v) is 12.5. The Morgan fingerprint density at radius 2 is 2.24 bits per heavy atom. The van der Waals surface area contributed by atoms with Gasteiger partial charge in [0.1, 0.15) is 5.75 Å². The lowest BCUT2D eigenvalue weighted by Crippen LogP contribution is -2.17. The van der Waals surface area contributed by atoms with Crippen molar-refractivity contribution in [3.63, 3.8) is 0 Å². The van der Waals surface area contributed by atoms with E-state index in [1.165, 1.54) is 0 Å². The van der Waals surface area contributed by atoms with Gasteiger partial charge in [-0.05, 0) is 31.2 Å². The quantitative estimate of drug-likeness (QED) is 0.876. The van der Waals surface area contributed by atoms with Gasteiger partial charge in [-0.15, -0.1) is 0 Å². The Morgan fingerprint density at radius 1 is 1.53 bits per heavy atom. The van der Waals surface area contributed by atoms with E-state index in [1.807, 2.05) is 25.1 Å². The summed E-state index contributed by atoms with van der Waals surface area (Å²) in [6.45, 7) is 2.54. The summed E-state index contributed by atoms with van der Waals surface area (Å²) in [6, 6.07) is 5.74. The lowest BCUT2D eigenvalue weighted by molar-refractivity contribution is 0.411. The number of nitrogens with two attached hydrogens (primary N) is 1. The van der Waals surface area contributed by atoms with Crippen molar-refractivity contribution in [2.24, 2.45) is 5.73 Å². The van der Waals surface area contributed by atoms with E-state index in [-0.39, 0.29) is 5.25 Å². The predicted octanol–water partition coefficient (Wildman–Crippen LogP) is 2.44. The van der Waals surface area contributed by atoms with E-state index in [4.69, 9.17) is 10.5 Å². The van der Waals surface area contributed by atoms with Crippen molar-refractivity contribution in [2.75, 3.05) is 13.7 Å². The lowest BCUT2D eigenvalue weighted by atomic mass is 10.2. The predicted molar refractivity (Wildman–Crippen MR) is 75.7 cm³/mol. The average Bonchev–Trinajstić information content (AvgIpc) is 2.29. The maximum atomic E-state index is 12.1. The first-order valence-electron chi connectivity index (χ1n) is 5.48. The van der Waals surface area contributed by atoms with Crippen molar-refractivity contribution in [1.82, 2.24) is 0 Å². The van der Waals surface area contributed by atoms with Crippen LogP contribution < -0.4 is 10.5 Å². The molecule has 1 aromatic rings. The minimum Gasteiger partial charge on any atom is -0.496 e. The molecule has 2 N–H and O–H groups in total. The molecule has 0 aliphatic heterocycles. The van der Waals surface area contributed by atoms with Gasteiger partial charge in [-0.2, -0.15) is 0 Å². The molecular formula is C12H18BrNO2S. The van der Waals surface area contributed by atoms with Crippen molar-refractivity contribution in [2.45, 2.75) is 24.3 Å². The molecule has 1 aromatic carbocycles. The van der Waals surface area contributed by atoms with Crippen molar-refractivity contribution >= 4 is 26.7 Å². The number of hydrogen-bond donors (Lipinski definition) is 1. The van der Waals surface area contributed by atoms with E-state index in [9.17, 15) is 4.21 Å². The summed E-state index contributed by atoms with van der Waals surface area (Å²) in [4.78, 5) is 0. The smallest absolute Gasteiger partial charge is 0.123 e. The highest BCUT2D eigenvalue weighted by Gasteiger charge is 2.13. The second kappa shape index (κ2) is 7.13. The minimum atomic E-state index is -0.917. The topological polar surface area (TPSA) is 52.3 Å². The molecule has 2 atom stereocenters. The Kier molecular flexibility index (Phi) is 6.16. The highest BCUT2D eigenvalue weighted by molar-refractivity contribution is 9.10. The van der Waals surface area contributed by atoms with E-state index >= 15 is 0 Å². The van der Waals surface area contributed by atoms with Crippen LogP contribution in [0, 0.1) is 0 Å². The molecule has 17 heavy (non-hydrogen) atoms. The fraction of sp³-hybridized carbons (Fsp3) is 0.500. The molecule has 0 aliphatic carbocycles. The van der Waals surface area contributed by atoms with Gasteiger partial charge in [0.25, 0.3) is 0 Å². The zero-order chi connectivity index (χ0) is 12.8. The van der Waals surface area contributed by atoms with Crippen molar-refractivity contribution in [1.29, 1.82) is 0 Å². The highest BCUT2D eigenvalue weighted by Crippen LogP contribution is 2.25. The summed E-state index contributed by atoms with van der Waals surface area (Å²) in [5.41, 5.74) is 6.44. The maximum absolute atomic E-state index is 12.1. The van der Waals surface area contributed by atoms with E-state index in [0.29, 0.717) is 12.3 Å². The third kappa shape index (κ3) is 4.41. The second-order valence-corrected chi connectivity index (χ2v) is 6.64. The van der Waals surface area contributed by atoms with Gasteiger partial charge in [0.2, 0.25) is 0 Å². The fourth-order valence-electron chi connectivity index (χ4n) is 1.52. The molecule has 0 radical (unpaired) electrons. The summed E-state index contributed by atoms with van der Waals surface area (Å²) in [5, 5.41) is 0.115. The molecular weight excluding hydrogens is 302 g/mol. The number of hydrogen-bond acceptors (Lipinski definition) is 3. The highest BCUT2D eigenvalue weighted by atomic mass is 79.9. The molecule has 1 rings (SSSR count). The van der Waals surface area contributed by atoms with Crippen LogP contribution in [0.3, 0.4) is 0 Å². The van der Waals surface area contributed by atoms with Crippen molar-refractivity contribution < 1.29 is 8.95 Å². The van der Waals surface area contributed by atoms with Gasteiger partial charge in [0.05, 0.1) is 12.9 Å². The summed E-state index contributed by atoms with van der Waals surface area (Å²) < 4.78 is 18.3. The summed E-state index contributed by atoms with van der Waals surface area (Å²) in [5.74, 6) is 1.28. The van der Waals surface area contributed by atoms with Crippen LogP contribution in [-0.4, -0.2) is 23.1 Å². The van der Waals surface area contributed by atoms with Gasteiger partial charge in [-0.1, -0.05) is 22.9 Å². The van der Waals surface area contributed by atoms with Crippen LogP contribution in [0.4, 0.5) is 0 Å². The fourth-order valence-corrected chi connectivity index (χ4v) is 3.15. The molecule has 0 spiro atoms. The molecule has 0 aliphatic rings. The van der Waals surface area contributed by atoms with Crippen molar-refractivity contribution in [3.05, 3.63) is 28.2 Å².